The number of allylic oxidation sites excluding steroid dienone is 1. The number of benzene rings is 2. The largest absolute Gasteiger partial charge is 0.497 e. The summed E-state index contributed by atoms with van der Waals surface area (Å²) in [6.45, 7) is 12.8. The van der Waals surface area contributed by atoms with Gasteiger partial charge in [0.25, 0.3) is 0 Å². The van der Waals surface area contributed by atoms with Crippen molar-refractivity contribution < 1.29 is 19.0 Å². The monoisotopic (exact) mass is 510 g/mol. The van der Waals surface area contributed by atoms with Crippen LogP contribution in [0, 0.1) is 0 Å². The molecule has 192 valence electrons. The number of hydrogen-bond donors (Lipinski definition) is 1. The maximum absolute atomic E-state index is 12.7. The smallest absolute Gasteiger partial charge is 0.234 e. The highest BCUT2D eigenvalue weighted by molar-refractivity contribution is 7.99. The van der Waals surface area contributed by atoms with E-state index in [-0.39, 0.29) is 23.2 Å². The minimum Gasteiger partial charge on any atom is -0.497 e. The van der Waals surface area contributed by atoms with Gasteiger partial charge < -0.3 is 19.5 Å². The summed E-state index contributed by atoms with van der Waals surface area (Å²) in [5, 5.41) is 12.1. The normalized spacial score (nSPS) is 12.1. The van der Waals surface area contributed by atoms with Gasteiger partial charge in [-0.3, -0.25) is 9.36 Å². The molecule has 0 saturated heterocycles. The SMILES string of the molecule is C=CCn1c(SCC(=O)Nc2cc(OC)ccc2OC)nnc1C(C)Oc1ccc(C(C)(C)C)cc1. The third-order valence-corrected chi connectivity index (χ3v) is 6.43. The average Bonchev–Trinajstić information content (AvgIpc) is 3.25. The number of nitrogens with one attached hydrogen (secondary N) is 1. The lowest BCUT2D eigenvalue weighted by Gasteiger charge is -2.20. The van der Waals surface area contributed by atoms with Crippen molar-refractivity contribution in [2.75, 3.05) is 25.3 Å². The van der Waals surface area contributed by atoms with E-state index in [1.54, 1.807) is 38.5 Å². The second kappa shape index (κ2) is 12.0. The van der Waals surface area contributed by atoms with E-state index < -0.39 is 0 Å². The Hall–Kier alpha value is -3.46. The van der Waals surface area contributed by atoms with Crippen LogP contribution in [0.15, 0.2) is 60.3 Å². The summed E-state index contributed by atoms with van der Waals surface area (Å²) >= 11 is 1.29. The maximum atomic E-state index is 12.7. The summed E-state index contributed by atoms with van der Waals surface area (Å²) < 4.78 is 18.6. The van der Waals surface area contributed by atoms with Gasteiger partial charge in [0, 0.05) is 12.6 Å². The van der Waals surface area contributed by atoms with Gasteiger partial charge in [-0.1, -0.05) is 50.7 Å². The van der Waals surface area contributed by atoms with Crippen LogP contribution in [-0.2, 0) is 16.8 Å². The lowest BCUT2D eigenvalue weighted by Crippen LogP contribution is -2.16. The van der Waals surface area contributed by atoms with Crippen LogP contribution in [0.3, 0.4) is 0 Å². The predicted octanol–water partition coefficient (Wildman–Crippen LogP) is 5.65. The standard InChI is InChI=1S/C27H34N4O4S/c1-8-15-31-25(18(2)35-20-11-9-19(10-12-20)27(3,4)5)29-30-26(31)36-17-24(32)28-22-16-21(33-6)13-14-23(22)34-7/h8-14,16,18H,1,15,17H2,2-7H3,(H,28,32). The van der Waals surface area contributed by atoms with Crippen molar-refractivity contribution in [2.45, 2.75) is 50.9 Å². The van der Waals surface area contributed by atoms with Crippen LogP contribution in [-0.4, -0.2) is 40.6 Å². The Morgan fingerprint density at radius 2 is 1.81 bits per heavy atom. The zero-order chi connectivity index (χ0) is 26.3. The third kappa shape index (κ3) is 6.81. The molecule has 0 bridgehead atoms. The lowest BCUT2D eigenvalue weighted by atomic mass is 9.87. The highest BCUT2D eigenvalue weighted by atomic mass is 32.2. The first-order chi connectivity index (χ1) is 17.2. The molecule has 1 unspecified atom stereocenters. The van der Waals surface area contributed by atoms with Crippen LogP contribution in [0.4, 0.5) is 5.69 Å². The second-order valence-electron chi connectivity index (χ2n) is 9.18. The minimum atomic E-state index is -0.345. The summed E-state index contributed by atoms with van der Waals surface area (Å²) in [5.74, 6) is 2.52. The quantitative estimate of drug-likeness (QED) is 0.263. The van der Waals surface area contributed by atoms with Gasteiger partial charge in [-0.2, -0.15) is 0 Å². The number of carbonyl (C=O) groups is 1. The average molecular weight is 511 g/mol. The van der Waals surface area contributed by atoms with Gasteiger partial charge in [-0.15, -0.1) is 16.8 Å². The van der Waals surface area contributed by atoms with E-state index in [1.165, 1.54) is 17.3 Å². The number of methoxy groups -OCH3 is 2. The molecule has 1 amide bonds. The topological polar surface area (TPSA) is 87.5 Å². The van der Waals surface area contributed by atoms with Crippen LogP contribution in [0.25, 0.3) is 0 Å². The number of ether oxygens (including phenoxy) is 3. The Bertz CT molecular complexity index is 1190. The first kappa shape index (κ1) is 27.1. The Morgan fingerprint density at radius 3 is 2.42 bits per heavy atom. The zero-order valence-corrected chi connectivity index (χ0v) is 22.5. The summed E-state index contributed by atoms with van der Waals surface area (Å²) in [5.41, 5.74) is 1.85. The Morgan fingerprint density at radius 1 is 1.11 bits per heavy atom. The molecule has 1 N–H and O–H groups in total. The Kier molecular flexibility index (Phi) is 9.03. The van der Waals surface area contributed by atoms with E-state index in [0.29, 0.717) is 34.7 Å². The van der Waals surface area contributed by atoms with Crippen LogP contribution < -0.4 is 19.5 Å². The van der Waals surface area contributed by atoms with E-state index in [0.717, 1.165) is 5.75 Å². The summed E-state index contributed by atoms with van der Waals surface area (Å²) in [6.07, 6.45) is 1.42. The fourth-order valence-corrected chi connectivity index (χ4v) is 4.28. The van der Waals surface area contributed by atoms with E-state index in [4.69, 9.17) is 14.2 Å². The highest BCUT2D eigenvalue weighted by Gasteiger charge is 2.21. The first-order valence-corrected chi connectivity index (χ1v) is 12.6. The molecule has 0 spiro atoms. The molecule has 0 saturated carbocycles. The lowest BCUT2D eigenvalue weighted by molar-refractivity contribution is -0.113. The first-order valence-electron chi connectivity index (χ1n) is 11.6. The number of anilines is 1. The molecule has 0 aliphatic rings. The molecule has 36 heavy (non-hydrogen) atoms. The second-order valence-corrected chi connectivity index (χ2v) is 10.1. The van der Waals surface area contributed by atoms with Gasteiger partial charge in [-0.25, -0.2) is 0 Å². The Balaban J connectivity index is 1.68. The number of thioether (sulfide) groups is 1. The fraction of sp³-hybridized carbons (Fsp3) is 0.370. The van der Waals surface area contributed by atoms with E-state index in [9.17, 15) is 4.79 Å². The molecule has 1 heterocycles. The van der Waals surface area contributed by atoms with Crippen molar-refractivity contribution >= 4 is 23.4 Å². The summed E-state index contributed by atoms with van der Waals surface area (Å²) in [7, 11) is 3.12. The van der Waals surface area contributed by atoms with Gasteiger partial charge in [0.1, 0.15) is 17.2 Å². The van der Waals surface area contributed by atoms with Crippen molar-refractivity contribution in [1.82, 2.24) is 14.8 Å². The van der Waals surface area contributed by atoms with Crippen LogP contribution in [0.1, 0.15) is 45.2 Å². The van der Waals surface area contributed by atoms with Gasteiger partial charge in [0.2, 0.25) is 5.91 Å². The van der Waals surface area contributed by atoms with Gasteiger partial charge in [0.15, 0.2) is 17.1 Å². The van der Waals surface area contributed by atoms with Crippen molar-refractivity contribution in [3.05, 3.63) is 66.5 Å². The molecule has 2 aromatic carbocycles. The Labute approximate surface area is 217 Å². The van der Waals surface area contributed by atoms with Crippen molar-refractivity contribution in [3.8, 4) is 17.2 Å². The van der Waals surface area contributed by atoms with Gasteiger partial charge >= 0.3 is 0 Å². The predicted molar refractivity (Wildman–Crippen MR) is 143 cm³/mol. The van der Waals surface area contributed by atoms with E-state index in [1.807, 2.05) is 23.6 Å². The molecular formula is C27H34N4O4S. The van der Waals surface area contributed by atoms with Crippen LogP contribution >= 0.6 is 11.8 Å². The molecule has 1 aromatic heterocycles. The minimum absolute atomic E-state index is 0.0738. The van der Waals surface area contributed by atoms with Crippen molar-refractivity contribution in [1.29, 1.82) is 0 Å². The van der Waals surface area contributed by atoms with E-state index >= 15 is 0 Å². The molecule has 3 rings (SSSR count). The van der Waals surface area contributed by atoms with Crippen molar-refractivity contribution in [3.63, 3.8) is 0 Å². The number of nitrogens with zero attached hydrogens (tertiary/aromatic N) is 3. The molecule has 1 atom stereocenters. The highest BCUT2D eigenvalue weighted by Crippen LogP contribution is 2.30. The number of aromatic nitrogens is 3. The number of hydrogen-bond acceptors (Lipinski definition) is 7. The molecule has 8 nitrogen and oxygen atoms in total. The molecule has 0 fully saturated rings. The third-order valence-electron chi connectivity index (χ3n) is 5.47. The number of rotatable bonds is 11. The van der Waals surface area contributed by atoms with Crippen LogP contribution in [0.2, 0.25) is 0 Å². The van der Waals surface area contributed by atoms with Crippen molar-refractivity contribution in [2.24, 2.45) is 0 Å². The summed E-state index contributed by atoms with van der Waals surface area (Å²) in [6, 6.07) is 13.3. The molecule has 3 aromatic rings. The maximum Gasteiger partial charge on any atom is 0.234 e. The van der Waals surface area contributed by atoms with Gasteiger partial charge in [-0.05, 0) is 42.2 Å². The molecule has 9 heteroatoms. The number of carbonyl (C=O) groups excluding carboxylic acids is 1. The summed E-state index contributed by atoms with van der Waals surface area (Å²) in [4.78, 5) is 12.7. The van der Waals surface area contributed by atoms with E-state index in [2.05, 4.69) is 55.0 Å². The van der Waals surface area contributed by atoms with Gasteiger partial charge in [0.05, 0.1) is 25.7 Å². The van der Waals surface area contributed by atoms with Crippen LogP contribution in [0.5, 0.6) is 17.2 Å². The fourth-order valence-electron chi connectivity index (χ4n) is 3.53. The molecule has 0 aliphatic carbocycles. The zero-order valence-electron chi connectivity index (χ0n) is 21.7. The molecule has 0 aliphatic heterocycles. The number of amides is 1. The molecular weight excluding hydrogens is 476 g/mol. The molecule has 0 radical (unpaired) electrons.